The zero-order valence-electron chi connectivity index (χ0n) is 14.5. The molecule has 0 fully saturated rings. The van der Waals surface area contributed by atoms with Gasteiger partial charge < -0.3 is 10.2 Å². The molecular weight excluding hydrogens is 427 g/mol. The third-order valence-corrected chi connectivity index (χ3v) is 6.75. The molecule has 1 amide bonds. The van der Waals surface area contributed by atoms with E-state index >= 15 is 0 Å². The van der Waals surface area contributed by atoms with Crippen molar-refractivity contribution in [2.24, 2.45) is 0 Å². The van der Waals surface area contributed by atoms with Crippen molar-refractivity contribution in [1.29, 1.82) is 0 Å². The van der Waals surface area contributed by atoms with Gasteiger partial charge in [0.1, 0.15) is 17.3 Å². The summed E-state index contributed by atoms with van der Waals surface area (Å²) in [6.45, 7) is 1.09. The van der Waals surface area contributed by atoms with Gasteiger partial charge in [-0.05, 0) is 52.7 Å². The molecule has 0 spiro atoms. The summed E-state index contributed by atoms with van der Waals surface area (Å²) in [5, 5.41) is 5.03. The maximum absolute atomic E-state index is 13.7. The highest BCUT2D eigenvalue weighted by Gasteiger charge is 2.36. The zero-order chi connectivity index (χ0) is 20.5. The molecule has 1 aromatic heterocycles. The number of rotatable bonds is 5. The Hall–Kier alpha value is -2.05. The molecule has 0 bridgehead atoms. The Morgan fingerprint density at radius 3 is 2.61 bits per heavy atom. The van der Waals surface area contributed by atoms with Gasteiger partial charge in [0.2, 0.25) is 13.3 Å². The van der Waals surface area contributed by atoms with Gasteiger partial charge in [-0.3, -0.25) is 9.36 Å². The first-order chi connectivity index (χ1) is 13.2. The lowest BCUT2D eigenvalue weighted by atomic mass is 10.1. The molecule has 0 aliphatic heterocycles. The molecule has 3 rings (SSSR count). The number of halogens is 3. The summed E-state index contributed by atoms with van der Waals surface area (Å²) in [5.41, 5.74) is -1.30. The predicted molar refractivity (Wildman–Crippen MR) is 109 cm³/mol. The van der Waals surface area contributed by atoms with Crippen molar-refractivity contribution in [2.75, 3.05) is 6.66 Å². The monoisotopic (exact) mass is 441 g/mol. The van der Waals surface area contributed by atoms with Crippen LogP contribution in [0.5, 0.6) is 0 Å². The van der Waals surface area contributed by atoms with E-state index in [1.54, 1.807) is 23.6 Å². The third-order valence-electron chi connectivity index (χ3n) is 4.06. The van der Waals surface area contributed by atoms with E-state index in [1.165, 1.54) is 17.4 Å². The fourth-order valence-corrected chi connectivity index (χ4v) is 5.29. The minimum Gasteiger partial charge on any atom is -0.344 e. The number of hydrogen-bond donors (Lipinski definition) is 2. The predicted octanol–water partition coefficient (Wildman–Crippen LogP) is 5.56. The Morgan fingerprint density at radius 2 is 1.96 bits per heavy atom. The first kappa shape index (κ1) is 20.7. The molecule has 2 aromatic carbocycles. The van der Waals surface area contributed by atoms with E-state index in [0.717, 1.165) is 35.8 Å². The highest BCUT2D eigenvalue weighted by molar-refractivity contribution is 7.58. The number of fused-ring (bicyclic) bond motifs is 1. The summed E-state index contributed by atoms with van der Waals surface area (Å²) in [6.07, 6.45) is 2.11. The van der Waals surface area contributed by atoms with Crippen molar-refractivity contribution in [3.05, 3.63) is 75.8 Å². The van der Waals surface area contributed by atoms with Crippen LogP contribution in [0.15, 0.2) is 48.0 Å². The summed E-state index contributed by atoms with van der Waals surface area (Å²) in [5.74, 6) is -2.34. The van der Waals surface area contributed by atoms with E-state index in [-0.39, 0.29) is 5.56 Å². The molecule has 146 valence electrons. The highest BCUT2D eigenvalue weighted by Crippen LogP contribution is 2.54. The zero-order valence-corrected chi connectivity index (χ0v) is 17.0. The van der Waals surface area contributed by atoms with Crippen molar-refractivity contribution in [3.63, 3.8) is 0 Å². The molecule has 0 radical (unpaired) electrons. The smallest absolute Gasteiger partial charge is 0.241 e. The lowest BCUT2D eigenvalue weighted by molar-refractivity contribution is -0.120. The van der Waals surface area contributed by atoms with Crippen LogP contribution < -0.4 is 5.32 Å². The molecule has 3 aromatic rings. The van der Waals surface area contributed by atoms with E-state index in [1.807, 2.05) is 0 Å². The average molecular weight is 442 g/mol. The summed E-state index contributed by atoms with van der Waals surface area (Å²) in [6, 6.07) is 8.48. The second-order valence-corrected chi connectivity index (χ2v) is 9.91. The van der Waals surface area contributed by atoms with Crippen molar-refractivity contribution in [2.45, 2.75) is 5.66 Å². The first-order valence-electron chi connectivity index (χ1n) is 8.06. The van der Waals surface area contributed by atoms with Crippen LogP contribution in [0.4, 0.5) is 8.78 Å². The Balaban J connectivity index is 1.92. The number of carbonyl (C=O) groups excluding carboxylic acids is 1. The molecule has 2 unspecified atom stereocenters. The molecule has 0 saturated carbocycles. The van der Waals surface area contributed by atoms with Crippen molar-refractivity contribution < 1.29 is 23.0 Å². The average Bonchev–Trinajstić information content (AvgIpc) is 2.99. The Labute approximate surface area is 168 Å². The van der Waals surface area contributed by atoms with Crippen LogP contribution in [-0.4, -0.2) is 17.5 Å². The summed E-state index contributed by atoms with van der Waals surface area (Å²) < 4.78 is 40.6. The molecule has 28 heavy (non-hydrogen) atoms. The lowest BCUT2D eigenvalue weighted by Crippen LogP contribution is -2.25. The molecular formula is C19H15ClF2NO3PS. The van der Waals surface area contributed by atoms with Crippen LogP contribution in [0.3, 0.4) is 0 Å². The van der Waals surface area contributed by atoms with Gasteiger partial charge in [0.15, 0.2) is 0 Å². The largest absolute Gasteiger partial charge is 0.344 e. The Morgan fingerprint density at radius 1 is 1.29 bits per heavy atom. The number of amides is 1. The van der Waals surface area contributed by atoms with Crippen LogP contribution in [0.1, 0.15) is 16.8 Å². The quantitative estimate of drug-likeness (QED) is 0.509. The maximum Gasteiger partial charge on any atom is 0.241 e. The minimum absolute atomic E-state index is 0.323. The number of nitrogens with one attached hydrogen (secondary N) is 1. The Bertz CT molecular complexity index is 1110. The van der Waals surface area contributed by atoms with Gasteiger partial charge in [0.05, 0.1) is 0 Å². The number of hydrogen-bond acceptors (Lipinski definition) is 3. The molecule has 0 aliphatic rings. The van der Waals surface area contributed by atoms with E-state index in [9.17, 15) is 23.0 Å². The topological polar surface area (TPSA) is 66.4 Å². The van der Waals surface area contributed by atoms with E-state index in [2.05, 4.69) is 5.32 Å². The molecule has 0 saturated heterocycles. The second kappa shape index (κ2) is 8.13. The fraction of sp³-hybridized carbons (Fsp3) is 0.105. The maximum atomic E-state index is 13.7. The summed E-state index contributed by atoms with van der Waals surface area (Å²) in [7, 11) is -3.90. The third kappa shape index (κ3) is 4.33. The van der Waals surface area contributed by atoms with Crippen molar-refractivity contribution in [1.82, 2.24) is 5.32 Å². The van der Waals surface area contributed by atoms with Gasteiger partial charge in [-0.2, -0.15) is 0 Å². The van der Waals surface area contributed by atoms with Crippen LogP contribution in [0.25, 0.3) is 16.2 Å². The van der Waals surface area contributed by atoms with Gasteiger partial charge in [-0.1, -0.05) is 17.7 Å². The van der Waals surface area contributed by atoms with E-state index in [0.29, 0.717) is 16.0 Å². The fourth-order valence-electron chi connectivity index (χ4n) is 2.81. The van der Waals surface area contributed by atoms with Gasteiger partial charge in [-0.25, -0.2) is 8.78 Å². The number of carbonyl (C=O) groups is 1. The van der Waals surface area contributed by atoms with Crippen LogP contribution >= 0.6 is 30.3 Å². The van der Waals surface area contributed by atoms with E-state index in [4.69, 9.17) is 11.6 Å². The van der Waals surface area contributed by atoms with Crippen LogP contribution in [0, 0.1) is 11.6 Å². The minimum atomic E-state index is -3.90. The molecule has 2 N–H and O–H groups in total. The van der Waals surface area contributed by atoms with Gasteiger partial charge in [-0.15, -0.1) is 11.3 Å². The highest BCUT2D eigenvalue weighted by atomic mass is 35.5. The number of thiophene rings is 1. The van der Waals surface area contributed by atoms with Crippen molar-refractivity contribution >= 4 is 52.4 Å². The molecule has 4 nitrogen and oxygen atoms in total. The summed E-state index contributed by atoms with van der Waals surface area (Å²) in [4.78, 5) is 22.8. The normalized spacial score (nSPS) is 14.9. The van der Waals surface area contributed by atoms with Gasteiger partial charge in [0, 0.05) is 28.2 Å². The molecule has 1 heterocycles. The number of benzene rings is 2. The van der Waals surface area contributed by atoms with E-state index < -0.39 is 30.6 Å². The van der Waals surface area contributed by atoms with Crippen LogP contribution in [-0.2, 0) is 9.36 Å². The second-order valence-electron chi connectivity index (χ2n) is 6.15. The lowest BCUT2D eigenvalue weighted by Gasteiger charge is -2.18. The molecule has 0 aliphatic carbocycles. The SMILES string of the molecule is CP(=O)(O)C(C(=O)NC=Cc1c(F)cccc1F)c1csc2ccc(Cl)cc12. The molecule has 9 heteroatoms. The van der Waals surface area contributed by atoms with Crippen molar-refractivity contribution in [3.8, 4) is 0 Å². The van der Waals surface area contributed by atoms with Gasteiger partial charge in [0.25, 0.3) is 0 Å². The molecule has 2 atom stereocenters. The Kier molecular flexibility index (Phi) is 6.01. The van der Waals surface area contributed by atoms with Crippen LogP contribution in [0.2, 0.25) is 5.02 Å². The van der Waals surface area contributed by atoms with Gasteiger partial charge >= 0.3 is 0 Å². The standard InChI is InChI=1S/C19H15ClF2NO3PS/c1-27(25,26)18(14-10-28-17-6-5-11(20)9-13(14)17)19(24)23-8-7-12-15(21)3-2-4-16(12)22/h2-10,18H,1H3,(H,23,24)(H,25,26). The summed E-state index contributed by atoms with van der Waals surface area (Å²) >= 11 is 7.34. The first-order valence-corrected chi connectivity index (χ1v) is 11.5.